The first-order valence-corrected chi connectivity index (χ1v) is 4.29. The number of aromatic nitrogens is 2. The van der Waals surface area contributed by atoms with E-state index in [2.05, 4.69) is 15.5 Å². The van der Waals surface area contributed by atoms with Crippen molar-refractivity contribution in [2.45, 2.75) is 13.2 Å². The summed E-state index contributed by atoms with van der Waals surface area (Å²) in [6.45, 7) is 0.519. The van der Waals surface area contributed by atoms with Crippen LogP contribution >= 0.6 is 0 Å². The van der Waals surface area contributed by atoms with Crippen molar-refractivity contribution in [1.29, 1.82) is 0 Å². The molecule has 0 bridgehead atoms. The fourth-order valence-corrected chi connectivity index (χ4v) is 1.14. The molecule has 2 aromatic rings. The van der Waals surface area contributed by atoms with Crippen LogP contribution < -0.4 is 5.32 Å². The van der Waals surface area contributed by atoms with Crippen molar-refractivity contribution in [3.63, 3.8) is 0 Å². The van der Waals surface area contributed by atoms with Crippen molar-refractivity contribution in [1.82, 2.24) is 10.2 Å². The second-order valence-electron chi connectivity index (χ2n) is 2.87. The first-order valence-electron chi connectivity index (χ1n) is 4.29. The maximum absolute atomic E-state index is 8.77. The second kappa shape index (κ2) is 3.97. The van der Waals surface area contributed by atoms with Crippen LogP contribution in [-0.2, 0) is 13.2 Å². The molecule has 2 rings (SSSR count). The number of rotatable bonds is 4. The van der Waals surface area contributed by atoms with Gasteiger partial charge in [-0.1, -0.05) is 0 Å². The largest absolute Gasteiger partial charge is 0.462 e. The number of anilines is 1. The van der Waals surface area contributed by atoms with E-state index in [9.17, 15) is 0 Å². The number of hydrogen-bond donors (Lipinski definition) is 3. The summed E-state index contributed by atoms with van der Waals surface area (Å²) >= 11 is 0. The summed E-state index contributed by atoms with van der Waals surface area (Å²) in [5.41, 5.74) is 0.909. The van der Waals surface area contributed by atoms with Crippen molar-refractivity contribution in [3.8, 4) is 0 Å². The van der Waals surface area contributed by atoms with Gasteiger partial charge in [0.25, 0.3) is 0 Å². The molecule has 0 aliphatic heterocycles. The first-order chi connectivity index (χ1) is 6.88. The topological polar surface area (TPSA) is 74.1 Å². The van der Waals surface area contributed by atoms with Gasteiger partial charge in [0.1, 0.15) is 18.1 Å². The minimum Gasteiger partial charge on any atom is -0.462 e. The van der Waals surface area contributed by atoms with Gasteiger partial charge in [-0.25, -0.2) is 0 Å². The molecule has 0 atom stereocenters. The highest BCUT2D eigenvalue weighted by atomic mass is 16.4. The van der Waals surface area contributed by atoms with E-state index in [0.717, 1.165) is 11.4 Å². The highest BCUT2D eigenvalue weighted by Crippen LogP contribution is 2.10. The molecule has 5 nitrogen and oxygen atoms in total. The first kappa shape index (κ1) is 8.83. The third-order valence-corrected chi connectivity index (χ3v) is 1.84. The van der Waals surface area contributed by atoms with Crippen LogP contribution in [0.1, 0.15) is 11.5 Å². The maximum atomic E-state index is 8.77. The number of nitrogens with zero attached hydrogens (tertiary/aromatic N) is 1. The minimum atomic E-state index is -0.0638. The van der Waals surface area contributed by atoms with E-state index >= 15 is 0 Å². The Hall–Kier alpha value is -1.75. The van der Waals surface area contributed by atoms with Gasteiger partial charge in [0, 0.05) is 6.20 Å². The van der Waals surface area contributed by atoms with Gasteiger partial charge in [0.15, 0.2) is 0 Å². The summed E-state index contributed by atoms with van der Waals surface area (Å²) in [5, 5.41) is 18.4. The maximum Gasteiger partial charge on any atom is 0.129 e. The molecule has 0 amide bonds. The lowest BCUT2D eigenvalue weighted by Gasteiger charge is -1.98. The SMILES string of the molecule is OCc1ccc(CNc2cn[nH]c2)o1. The van der Waals surface area contributed by atoms with E-state index in [0.29, 0.717) is 12.3 Å². The Bertz CT molecular complexity index is 380. The molecule has 14 heavy (non-hydrogen) atoms. The molecule has 0 aromatic carbocycles. The van der Waals surface area contributed by atoms with Crippen molar-refractivity contribution >= 4 is 5.69 Å². The van der Waals surface area contributed by atoms with E-state index in [4.69, 9.17) is 9.52 Å². The molecule has 0 saturated carbocycles. The molecule has 0 saturated heterocycles. The average Bonchev–Trinajstić information content (AvgIpc) is 2.86. The molecular formula is C9H11N3O2. The Labute approximate surface area is 80.8 Å². The zero-order chi connectivity index (χ0) is 9.80. The quantitative estimate of drug-likeness (QED) is 0.680. The third-order valence-electron chi connectivity index (χ3n) is 1.84. The molecule has 0 unspecified atom stereocenters. The molecule has 74 valence electrons. The fourth-order valence-electron chi connectivity index (χ4n) is 1.14. The Morgan fingerprint density at radius 1 is 1.43 bits per heavy atom. The molecule has 0 aliphatic rings. The third kappa shape index (κ3) is 1.94. The van der Waals surface area contributed by atoms with Crippen LogP contribution in [0, 0.1) is 0 Å². The lowest BCUT2D eigenvalue weighted by Crippen LogP contribution is -1.96. The Morgan fingerprint density at radius 2 is 2.29 bits per heavy atom. The Morgan fingerprint density at radius 3 is 2.93 bits per heavy atom. The number of furan rings is 1. The van der Waals surface area contributed by atoms with Gasteiger partial charge in [0.05, 0.1) is 18.4 Å². The van der Waals surface area contributed by atoms with Gasteiger partial charge in [-0.15, -0.1) is 0 Å². The van der Waals surface area contributed by atoms with E-state index in [1.807, 2.05) is 6.07 Å². The zero-order valence-corrected chi connectivity index (χ0v) is 7.53. The molecule has 0 spiro atoms. The molecule has 5 heteroatoms. The van der Waals surface area contributed by atoms with Crippen molar-refractivity contribution < 1.29 is 9.52 Å². The van der Waals surface area contributed by atoms with Gasteiger partial charge in [-0.2, -0.15) is 5.10 Å². The van der Waals surface area contributed by atoms with E-state index in [-0.39, 0.29) is 6.61 Å². The van der Waals surface area contributed by atoms with E-state index < -0.39 is 0 Å². The molecule has 0 aliphatic carbocycles. The molecule has 2 aromatic heterocycles. The van der Waals surface area contributed by atoms with Crippen LogP contribution in [0.5, 0.6) is 0 Å². The van der Waals surface area contributed by atoms with Gasteiger partial charge in [-0.05, 0) is 12.1 Å². The van der Waals surface area contributed by atoms with Gasteiger partial charge in [0.2, 0.25) is 0 Å². The molecule has 2 heterocycles. The van der Waals surface area contributed by atoms with Gasteiger partial charge < -0.3 is 14.8 Å². The van der Waals surface area contributed by atoms with Crippen LogP contribution in [0.4, 0.5) is 5.69 Å². The van der Waals surface area contributed by atoms with E-state index in [1.165, 1.54) is 0 Å². The van der Waals surface area contributed by atoms with Gasteiger partial charge in [-0.3, -0.25) is 5.10 Å². The summed E-state index contributed by atoms with van der Waals surface area (Å²) in [6.07, 6.45) is 3.45. The van der Waals surface area contributed by atoms with Crippen molar-refractivity contribution in [2.75, 3.05) is 5.32 Å². The summed E-state index contributed by atoms with van der Waals surface area (Å²) in [7, 11) is 0. The molecule has 3 N–H and O–H groups in total. The standard InChI is InChI=1S/C9H11N3O2/c13-6-9-2-1-8(14-9)5-10-7-3-11-12-4-7/h1-4,10,13H,5-6H2,(H,11,12). The number of nitrogens with one attached hydrogen (secondary N) is 2. The van der Waals surface area contributed by atoms with Gasteiger partial charge >= 0.3 is 0 Å². The highest BCUT2D eigenvalue weighted by molar-refractivity contribution is 5.37. The number of aromatic amines is 1. The summed E-state index contributed by atoms with van der Waals surface area (Å²) < 4.78 is 5.29. The smallest absolute Gasteiger partial charge is 0.129 e. The molecule has 0 fully saturated rings. The summed E-state index contributed by atoms with van der Waals surface area (Å²) in [4.78, 5) is 0. The van der Waals surface area contributed by atoms with Crippen LogP contribution in [-0.4, -0.2) is 15.3 Å². The highest BCUT2D eigenvalue weighted by Gasteiger charge is 2.00. The predicted molar refractivity (Wildman–Crippen MR) is 50.5 cm³/mol. The molecular weight excluding hydrogens is 182 g/mol. The van der Waals surface area contributed by atoms with Crippen molar-refractivity contribution in [2.24, 2.45) is 0 Å². The normalized spacial score (nSPS) is 10.4. The number of H-pyrrole nitrogens is 1. The summed E-state index contributed by atoms with van der Waals surface area (Å²) in [6, 6.07) is 3.59. The minimum absolute atomic E-state index is 0.0638. The van der Waals surface area contributed by atoms with E-state index in [1.54, 1.807) is 18.5 Å². The van der Waals surface area contributed by atoms with Crippen LogP contribution in [0.2, 0.25) is 0 Å². The number of aliphatic hydroxyl groups excluding tert-OH is 1. The monoisotopic (exact) mass is 193 g/mol. The fraction of sp³-hybridized carbons (Fsp3) is 0.222. The zero-order valence-electron chi connectivity index (χ0n) is 7.53. The second-order valence-corrected chi connectivity index (χ2v) is 2.87. The van der Waals surface area contributed by atoms with Crippen LogP contribution in [0.15, 0.2) is 28.9 Å². The summed E-state index contributed by atoms with van der Waals surface area (Å²) in [5.74, 6) is 1.37. The predicted octanol–water partition coefficient (Wildman–Crippen LogP) is 1.11. The lowest BCUT2D eigenvalue weighted by atomic mass is 10.4. The Kier molecular flexibility index (Phi) is 2.51. The lowest BCUT2D eigenvalue weighted by molar-refractivity contribution is 0.244. The molecule has 0 radical (unpaired) electrons. The number of aliphatic hydroxyl groups is 1. The van der Waals surface area contributed by atoms with Crippen LogP contribution in [0.3, 0.4) is 0 Å². The Balaban J connectivity index is 1.92. The van der Waals surface area contributed by atoms with Crippen molar-refractivity contribution in [3.05, 3.63) is 36.0 Å². The number of hydrogen-bond acceptors (Lipinski definition) is 4. The average molecular weight is 193 g/mol. The van der Waals surface area contributed by atoms with Crippen LogP contribution in [0.25, 0.3) is 0 Å².